The molecule has 0 aliphatic heterocycles. The molecule has 2 aromatic rings. The largest absolute Gasteiger partial charge is 0.271 e. The summed E-state index contributed by atoms with van der Waals surface area (Å²) < 4.78 is 1.23. The van der Waals surface area contributed by atoms with Crippen molar-refractivity contribution in [2.24, 2.45) is 5.84 Å². The van der Waals surface area contributed by atoms with Gasteiger partial charge >= 0.3 is 0 Å². The highest BCUT2D eigenvalue weighted by Gasteiger charge is 2.12. The summed E-state index contributed by atoms with van der Waals surface area (Å²) in [4.78, 5) is 1.23. The molecular formula is C11H11IN2S. The lowest BCUT2D eigenvalue weighted by atomic mass is 10.1. The van der Waals surface area contributed by atoms with Gasteiger partial charge in [-0.2, -0.15) is 0 Å². The topological polar surface area (TPSA) is 38.0 Å². The van der Waals surface area contributed by atoms with Crippen LogP contribution in [0.3, 0.4) is 0 Å². The lowest BCUT2D eigenvalue weighted by molar-refractivity contribution is 0.646. The van der Waals surface area contributed by atoms with Gasteiger partial charge in [-0.05, 0) is 51.7 Å². The Morgan fingerprint density at radius 1 is 1.20 bits per heavy atom. The van der Waals surface area contributed by atoms with Crippen molar-refractivity contribution < 1.29 is 0 Å². The summed E-state index contributed by atoms with van der Waals surface area (Å²) in [5.74, 6) is 5.59. The summed E-state index contributed by atoms with van der Waals surface area (Å²) in [6, 6.07) is 12.6. The second kappa shape index (κ2) is 5.07. The first-order valence-electron chi connectivity index (χ1n) is 4.56. The molecule has 0 bridgehead atoms. The summed E-state index contributed by atoms with van der Waals surface area (Å²) in [5.41, 5.74) is 4.04. The molecule has 0 saturated carbocycles. The van der Waals surface area contributed by atoms with Crippen molar-refractivity contribution in [3.63, 3.8) is 0 Å². The van der Waals surface area contributed by atoms with Crippen molar-refractivity contribution in [3.05, 3.63) is 55.8 Å². The highest BCUT2D eigenvalue weighted by atomic mass is 127. The van der Waals surface area contributed by atoms with E-state index >= 15 is 0 Å². The van der Waals surface area contributed by atoms with Gasteiger partial charge in [0.05, 0.1) is 6.04 Å². The van der Waals surface area contributed by atoms with Crippen LogP contribution in [0.15, 0.2) is 41.8 Å². The molecule has 3 N–H and O–H groups in total. The van der Waals surface area contributed by atoms with Gasteiger partial charge in [0, 0.05) is 8.45 Å². The van der Waals surface area contributed by atoms with E-state index in [9.17, 15) is 0 Å². The maximum atomic E-state index is 5.59. The third-order valence-electron chi connectivity index (χ3n) is 2.20. The number of nitrogens with two attached hydrogens (primary N) is 1. The van der Waals surface area contributed by atoms with E-state index in [1.165, 1.54) is 14.0 Å². The quantitative estimate of drug-likeness (QED) is 0.516. The predicted octanol–water partition coefficient (Wildman–Crippen LogP) is 2.91. The van der Waals surface area contributed by atoms with E-state index in [2.05, 4.69) is 63.7 Å². The summed E-state index contributed by atoms with van der Waals surface area (Å²) in [6.07, 6.45) is 0. The lowest BCUT2D eigenvalue weighted by Crippen LogP contribution is -2.28. The number of rotatable bonds is 3. The fourth-order valence-electron chi connectivity index (χ4n) is 1.45. The van der Waals surface area contributed by atoms with E-state index in [0.29, 0.717) is 0 Å². The molecule has 4 heteroatoms. The molecule has 1 aromatic heterocycles. The first kappa shape index (κ1) is 11.1. The SMILES string of the molecule is NNC(c1ccc(I)cc1)c1cccs1. The van der Waals surface area contributed by atoms with Gasteiger partial charge in [-0.25, -0.2) is 5.43 Å². The minimum absolute atomic E-state index is 0.0991. The second-order valence-electron chi connectivity index (χ2n) is 3.17. The van der Waals surface area contributed by atoms with Crippen LogP contribution < -0.4 is 11.3 Å². The van der Waals surface area contributed by atoms with Crippen molar-refractivity contribution in [1.82, 2.24) is 5.43 Å². The number of hydrazine groups is 1. The predicted molar refractivity (Wildman–Crippen MR) is 72.6 cm³/mol. The van der Waals surface area contributed by atoms with Crippen LogP contribution in [0.2, 0.25) is 0 Å². The molecule has 0 aliphatic rings. The Balaban J connectivity index is 2.31. The average molecular weight is 330 g/mol. The summed E-state index contributed by atoms with van der Waals surface area (Å²) in [7, 11) is 0. The van der Waals surface area contributed by atoms with E-state index in [1.54, 1.807) is 11.3 Å². The van der Waals surface area contributed by atoms with Gasteiger partial charge in [0.25, 0.3) is 0 Å². The molecule has 0 spiro atoms. The fourth-order valence-corrected chi connectivity index (χ4v) is 2.62. The molecule has 78 valence electrons. The minimum atomic E-state index is 0.0991. The minimum Gasteiger partial charge on any atom is -0.271 e. The second-order valence-corrected chi connectivity index (χ2v) is 5.39. The van der Waals surface area contributed by atoms with Crippen LogP contribution in [0.5, 0.6) is 0 Å². The normalized spacial score (nSPS) is 12.7. The Morgan fingerprint density at radius 3 is 2.47 bits per heavy atom. The average Bonchev–Trinajstić information content (AvgIpc) is 2.75. The maximum absolute atomic E-state index is 5.59. The smallest absolute Gasteiger partial charge is 0.0802 e. The van der Waals surface area contributed by atoms with Gasteiger partial charge in [0.2, 0.25) is 0 Å². The molecule has 1 heterocycles. The van der Waals surface area contributed by atoms with Crippen LogP contribution in [0.25, 0.3) is 0 Å². The van der Waals surface area contributed by atoms with Gasteiger partial charge in [-0.3, -0.25) is 5.84 Å². The van der Waals surface area contributed by atoms with Crippen LogP contribution in [-0.4, -0.2) is 0 Å². The number of thiophene rings is 1. The van der Waals surface area contributed by atoms with Gasteiger partial charge in [-0.1, -0.05) is 18.2 Å². The van der Waals surface area contributed by atoms with E-state index < -0.39 is 0 Å². The number of hydrogen-bond acceptors (Lipinski definition) is 3. The van der Waals surface area contributed by atoms with E-state index in [1.807, 2.05) is 6.07 Å². The molecular weight excluding hydrogens is 319 g/mol. The molecule has 1 unspecified atom stereocenters. The van der Waals surface area contributed by atoms with Crippen molar-refractivity contribution in [3.8, 4) is 0 Å². The first-order valence-corrected chi connectivity index (χ1v) is 6.52. The van der Waals surface area contributed by atoms with E-state index in [-0.39, 0.29) is 6.04 Å². The van der Waals surface area contributed by atoms with Gasteiger partial charge < -0.3 is 0 Å². The van der Waals surface area contributed by atoms with E-state index in [0.717, 1.165) is 0 Å². The number of halogens is 1. The zero-order chi connectivity index (χ0) is 10.7. The van der Waals surface area contributed by atoms with Crippen molar-refractivity contribution in [2.45, 2.75) is 6.04 Å². The summed E-state index contributed by atoms with van der Waals surface area (Å²) >= 11 is 4.01. The van der Waals surface area contributed by atoms with E-state index in [4.69, 9.17) is 5.84 Å². The highest BCUT2D eigenvalue weighted by Crippen LogP contribution is 2.25. The van der Waals surface area contributed by atoms with Crippen molar-refractivity contribution >= 4 is 33.9 Å². The van der Waals surface area contributed by atoms with Gasteiger partial charge in [0.1, 0.15) is 0 Å². The van der Waals surface area contributed by atoms with Crippen LogP contribution >= 0.6 is 33.9 Å². The molecule has 2 nitrogen and oxygen atoms in total. The molecule has 2 rings (SSSR count). The third-order valence-corrected chi connectivity index (χ3v) is 3.85. The Morgan fingerprint density at radius 2 is 1.93 bits per heavy atom. The number of nitrogens with one attached hydrogen (secondary N) is 1. The first-order chi connectivity index (χ1) is 7.31. The standard InChI is InChI=1S/C11H11IN2S/c12-9-5-3-8(4-6-9)11(14-13)10-2-1-7-15-10/h1-7,11,14H,13H2. The van der Waals surface area contributed by atoms with Crippen LogP contribution in [-0.2, 0) is 0 Å². The molecule has 0 radical (unpaired) electrons. The summed E-state index contributed by atoms with van der Waals surface area (Å²) in [5, 5.41) is 2.06. The van der Waals surface area contributed by atoms with Crippen LogP contribution in [0.4, 0.5) is 0 Å². The van der Waals surface area contributed by atoms with Gasteiger partial charge in [0.15, 0.2) is 0 Å². The molecule has 1 aromatic carbocycles. The Kier molecular flexibility index (Phi) is 3.74. The van der Waals surface area contributed by atoms with Crippen LogP contribution in [0, 0.1) is 3.57 Å². The fraction of sp³-hybridized carbons (Fsp3) is 0.0909. The molecule has 15 heavy (non-hydrogen) atoms. The molecule has 0 saturated heterocycles. The zero-order valence-corrected chi connectivity index (χ0v) is 11.0. The Bertz CT molecular complexity index is 411. The third kappa shape index (κ3) is 2.57. The maximum Gasteiger partial charge on any atom is 0.0802 e. The number of hydrogen-bond donors (Lipinski definition) is 2. The lowest BCUT2D eigenvalue weighted by Gasteiger charge is -2.14. The molecule has 0 fully saturated rings. The number of benzene rings is 1. The molecule has 0 amide bonds. The monoisotopic (exact) mass is 330 g/mol. The van der Waals surface area contributed by atoms with Crippen LogP contribution in [0.1, 0.15) is 16.5 Å². The molecule has 0 aliphatic carbocycles. The highest BCUT2D eigenvalue weighted by molar-refractivity contribution is 14.1. The van der Waals surface area contributed by atoms with Crippen molar-refractivity contribution in [1.29, 1.82) is 0 Å². The Labute approximate surface area is 107 Å². The Hall–Kier alpha value is -0.430. The zero-order valence-electron chi connectivity index (χ0n) is 7.98. The van der Waals surface area contributed by atoms with Crippen molar-refractivity contribution in [2.75, 3.05) is 0 Å². The molecule has 1 atom stereocenters. The van der Waals surface area contributed by atoms with Gasteiger partial charge in [-0.15, -0.1) is 11.3 Å². The summed E-state index contributed by atoms with van der Waals surface area (Å²) in [6.45, 7) is 0.